The monoisotopic (exact) mass is 247 g/mol. The molecule has 96 valence electrons. The molecule has 0 bridgehead atoms. The highest BCUT2D eigenvalue weighted by atomic mass is 16.6. The molecule has 0 spiro atoms. The number of hydrogen-bond donors (Lipinski definition) is 1. The first-order valence-corrected chi connectivity index (χ1v) is 6.38. The Kier molecular flexibility index (Phi) is 3.16. The molecule has 1 unspecified atom stereocenters. The van der Waals surface area contributed by atoms with Crippen molar-refractivity contribution in [3.8, 4) is 0 Å². The fourth-order valence-electron chi connectivity index (χ4n) is 2.88. The van der Waals surface area contributed by atoms with Gasteiger partial charge in [-0.2, -0.15) is 0 Å². The predicted molar refractivity (Wildman–Crippen MR) is 65.9 cm³/mol. The molecule has 2 saturated heterocycles. The van der Waals surface area contributed by atoms with Crippen LogP contribution in [0.1, 0.15) is 24.4 Å². The maximum atomic E-state index is 11.5. The van der Waals surface area contributed by atoms with Gasteiger partial charge in [-0.3, -0.25) is 9.69 Å². The number of morpholine rings is 1. The second-order valence-corrected chi connectivity index (χ2v) is 4.95. The van der Waals surface area contributed by atoms with E-state index in [1.165, 1.54) is 5.56 Å². The molecule has 0 aliphatic carbocycles. The molecule has 3 atom stereocenters. The van der Waals surface area contributed by atoms with E-state index in [0.29, 0.717) is 26.0 Å². The lowest BCUT2D eigenvalue weighted by atomic mass is 9.94. The molecule has 18 heavy (non-hydrogen) atoms. The van der Waals surface area contributed by atoms with Crippen LogP contribution in [0.25, 0.3) is 0 Å². The van der Waals surface area contributed by atoms with Gasteiger partial charge in [-0.15, -0.1) is 0 Å². The first-order valence-electron chi connectivity index (χ1n) is 6.38. The van der Waals surface area contributed by atoms with Crippen LogP contribution in [0.3, 0.4) is 0 Å². The summed E-state index contributed by atoms with van der Waals surface area (Å²) in [6.45, 7) is 1.19. The first-order chi connectivity index (χ1) is 8.75. The Morgan fingerprint density at radius 1 is 1.28 bits per heavy atom. The topological polar surface area (TPSA) is 49.8 Å². The van der Waals surface area contributed by atoms with Crippen LogP contribution in [0, 0.1) is 0 Å². The molecule has 0 aromatic heterocycles. The average molecular weight is 247 g/mol. The smallest absolute Gasteiger partial charge is 0.170 e. The lowest BCUT2D eigenvalue weighted by molar-refractivity contribution is -0.207. The van der Waals surface area contributed by atoms with Crippen LogP contribution in [0.4, 0.5) is 0 Å². The number of Topliss-reactive ketones (excluding diaryl/α,β-unsaturated/α-hetero) is 1. The standard InChI is InChI=1S/C14H17NO3/c16-11-6-7-15-12(8-11)14(17)18-9-13(15)10-4-2-1-3-5-10/h1-5,12-14,17H,6-9H2/t12-,13+,14?/m0/s1. The van der Waals surface area contributed by atoms with Crippen molar-refractivity contribution >= 4 is 5.78 Å². The van der Waals surface area contributed by atoms with Gasteiger partial charge < -0.3 is 9.84 Å². The summed E-state index contributed by atoms with van der Waals surface area (Å²) in [5, 5.41) is 9.87. The summed E-state index contributed by atoms with van der Waals surface area (Å²) >= 11 is 0. The second kappa shape index (κ2) is 4.80. The van der Waals surface area contributed by atoms with E-state index in [9.17, 15) is 9.90 Å². The molecule has 0 radical (unpaired) electrons. The number of hydrogen-bond acceptors (Lipinski definition) is 4. The Balaban J connectivity index is 1.86. The quantitative estimate of drug-likeness (QED) is 0.807. The molecule has 2 fully saturated rings. The first kappa shape index (κ1) is 11.8. The molecule has 1 N–H and O–H groups in total. The number of aliphatic hydroxyl groups is 1. The molecular formula is C14H17NO3. The van der Waals surface area contributed by atoms with Gasteiger partial charge in [0.1, 0.15) is 5.78 Å². The fourth-order valence-corrected chi connectivity index (χ4v) is 2.88. The van der Waals surface area contributed by atoms with Crippen molar-refractivity contribution in [1.82, 2.24) is 4.90 Å². The minimum atomic E-state index is -0.839. The highest BCUT2D eigenvalue weighted by Gasteiger charge is 2.41. The lowest BCUT2D eigenvalue weighted by Gasteiger charge is -2.46. The summed E-state index contributed by atoms with van der Waals surface area (Å²) < 4.78 is 5.42. The summed E-state index contributed by atoms with van der Waals surface area (Å²) in [5.41, 5.74) is 1.18. The van der Waals surface area contributed by atoms with Gasteiger partial charge in [0.15, 0.2) is 6.29 Å². The minimum absolute atomic E-state index is 0.146. The van der Waals surface area contributed by atoms with Crippen molar-refractivity contribution < 1.29 is 14.6 Å². The molecule has 4 nitrogen and oxygen atoms in total. The fraction of sp³-hybridized carbons (Fsp3) is 0.500. The van der Waals surface area contributed by atoms with Crippen LogP contribution in [-0.2, 0) is 9.53 Å². The van der Waals surface area contributed by atoms with Crippen LogP contribution in [0.15, 0.2) is 30.3 Å². The molecule has 4 heteroatoms. The average Bonchev–Trinajstić information content (AvgIpc) is 2.41. The van der Waals surface area contributed by atoms with Gasteiger partial charge in [0.05, 0.1) is 18.7 Å². The summed E-state index contributed by atoms with van der Waals surface area (Å²) in [6, 6.07) is 10.1. The Labute approximate surface area is 106 Å². The van der Waals surface area contributed by atoms with Crippen molar-refractivity contribution in [2.45, 2.75) is 31.2 Å². The number of carbonyl (C=O) groups is 1. The van der Waals surface area contributed by atoms with Crippen molar-refractivity contribution in [3.05, 3.63) is 35.9 Å². The van der Waals surface area contributed by atoms with Crippen LogP contribution in [0.2, 0.25) is 0 Å². The van der Waals surface area contributed by atoms with E-state index in [1.54, 1.807) is 0 Å². The van der Waals surface area contributed by atoms with Crippen LogP contribution in [-0.4, -0.2) is 41.3 Å². The molecule has 3 rings (SSSR count). The van der Waals surface area contributed by atoms with E-state index in [4.69, 9.17) is 4.74 Å². The van der Waals surface area contributed by atoms with Crippen molar-refractivity contribution in [2.24, 2.45) is 0 Å². The summed E-state index contributed by atoms with van der Waals surface area (Å²) in [4.78, 5) is 13.7. The third kappa shape index (κ3) is 2.07. The highest BCUT2D eigenvalue weighted by Crippen LogP contribution is 2.33. The van der Waals surface area contributed by atoms with Crippen LogP contribution < -0.4 is 0 Å². The molecule has 0 amide bonds. The molecule has 0 saturated carbocycles. The number of nitrogens with zero attached hydrogens (tertiary/aromatic N) is 1. The zero-order valence-electron chi connectivity index (χ0n) is 10.2. The van der Waals surface area contributed by atoms with Gasteiger partial charge >= 0.3 is 0 Å². The van der Waals surface area contributed by atoms with Gasteiger partial charge in [0, 0.05) is 19.4 Å². The minimum Gasteiger partial charge on any atom is -0.367 e. The maximum absolute atomic E-state index is 11.5. The predicted octanol–water partition coefficient (Wildman–Crippen LogP) is 1.11. The number of ether oxygens (including phenoxy) is 1. The maximum Gasteiger partial charge on any atom is 0.170 e. The van der Waals surface area contributed by atoms with Gasteiger partial charge in [0.25, 0.3) is 0 Å². The highest BCUT2D eigenvalue weighted by molar-refractivity contribution is 5.80. The van der Waals surface area contributed by atoms with E-state index < -0.39 is 6.29 Å². The summed E-state index contributed by atoms with van der Waals surface area (Å²) in [5.74, 6) is 0.215. The summed E-state index contributed by atoms with van der Waals surface area (Å²) in [7, 11) is 0. The molecule has 1 aromatic rings. The molecule has 2 aliphatic rings. The number of piperidine rings is 1. The van der Waals surface area contributed by atoms with E-state index in [0.717, 1.165) is 0 Å². The SMILES string of the molecule is O=C1CCN2[C@@H](c3ccccc3)COC(O)[C@@H]2C1. The summed E-state index contributed by atoms with van der Waals surface area (Å²) in [6.07, 6.45) is 0.131. The third-order valence-corrected chi connectivity index (χ3v) is 3.85. The van der Waals surface area contributed by atoms with Gasteiger partial charge in [0.2, 0.25) is 0 Å². The third-order valence-electron chi connectivity index (χ3n) is 3.85. The molecule has 1 aromatic carbocycles. The van der Waals surface area contributed by atoms with Crippen LogP contribution in [0.5, 0.6) is 0 Å². The number of rotatable bonds is 1. The lowest BCUT2D eigenvalue weighted by Crippen LogP contribution is -2.56. The zero-order chi connectivity index (χ0) is 12.5. The van der Waals surface area contributed by atoms with Crippen LogP contribution >= 0.6 is 0 Å². The number of fused-ring (bicyclic) bond motifs is 1. The van der Waals surface area contributed by atoms with Crippen molar-refractivity contribution in [3.63, 3.8) is 0 Å². The number of carbonyl (C=O) groups excluding carboxylic acids is 1. The molecule has 2 heterocycles. The van der Waals surface area contributed by atoms with Gasteiger partial charge in [-0.1, -0.05) is 30.3 Å². The van der Waals surface area contributed by atoms with E-state index in [1.807, 2.05) is 18.2 Å². The van der Waals surface area contributed by atoms with E-state index in [2.05, 4.69) is 17.0 Å². The Hall–Kier alpha value is -1.23. The Bertz CT molecular complexity index is 434. The Morgan fingerprint density at radius 2 is 2.06 bits per heavy atom. The number of aliphatic hydroxyl groups excluding tert-OH is 1. The number of ketones is 1. The molecule has 2 aliphatic heterocycles. The number of benzene rings is 1. The van der Waals surface area contributed by atoms with Crippen molar-refractivity contribution in [2.75, 3.05) is 13.2 Å². The molecular weight excluding hydrogens is 230 g/mol. The largest absolute Gasteiger partial charge is 0.367 e. The van der Waals surface area contributed by atoms with E-state index >= 15 is 0 Å². The second-order valence-electron chi connectivity index (χ2n) is 4.95. The van der Waals surface area contributed by atoms with Gasteiger partial charge in [-0.05, 0) is 5.56 Å². The normalized spacial score (nSPS) is 33.2. The van der Waals surface area contributed by atoms with Gasteiger partial charge in [-0.25, -0.2) is 0 Å². The zero-order valence-corrected chi connectivity index (χ0v) is 10.2. The Morgan fingerprint density at radius 3 is 2.83 bits per heavy atom. The van der Waals surface area contributed by atoms with E-state index in [-0.39, 0.29) is 17.9 Å². The van der Waals surface area contributed by atoms with Crippen molar-refractivity contribution in [1.29, 1.82) is 0 Å².